The highest BCUT2D eigenvalue weighted by Gasteiger charge is 2.14. The number of halogens is 1. The summed E-state index contributed by atoms with van der Waals surface area (Å²) in [6, 6.07) is 8.84. The van der Waals surface area contributed by atoms with E-state index in [2.05, 4.69) is 15.3 Å². The first-order valence-corrected chi connectivity index (χ1v) is 10.2. The van der Waals surface area contributed by atoms with Crippen LogP contribution in [0.25, 0.3) is 10.9 Å². The zero-order valence-electron chi connectivity index (χ0n) is 17.6. The average molecular weight is 446 g/mol. The third-order valence-corrected chi connectivity index (χ3v) is 4.71. The van der Waals surface area contributed by atoms with Crippen LogP contribution in [0.1, 0.15) is 19.8 Å². The van der Waals surface area contributed by atoms with Crippen LogP contribution in [0.3, 0.4) is 0 Å². The molecule has 0 unspecified atom stereocenters. The van der Waals surface area contributed by atoms with Crippen molar-refractivity contribution in [2.24, 2.45) is 0 Å². The van der Waals surface area contributed by atoms with Gasteiger partial charge in [-0.3, -0.25) is 4.79 Å². The van der Waals surface area contributed by atoms with Gasteiger partial charge < -0.3 is 24.3 Å². The monoisotopic (exact) mass is 445 g/mol. The quantitative estimate of drug-likeness (QED) is 0.350. The molecule has 0 bridgehead atoms. The summed E-state index contributed by atoms with van der Waals surface area (Å²) in [5.41, 5.74) is 1.43. The summed E-state index contributed by atoms with van der Waals surface area (Å²) in [7, 11) is 3.34. The summed E-state index contributed by atoms with van der Waals surface area (Å²) in [4.78, 5) is 20.0. The fourth-order valence-corrected chi connectivity index (χ4v) is 3.16. The number of methoxy groups -OCH3 is 1. The molecule has 164 valence electrons. The molecule has 0 aliphatic carbocycles. The molecule has 3 aromatic rings. The average Bonchev–Trinajstić information content (AvgIpc) is 2.77. The number of esters is 1. The predicted molar refractivity (Wildman–Crippen MR) is 119 cm³/mol. The molecule has 0 radical (unpaired) electrons. The van der Waals surface area contributed by atoms with E-state index in [0.717, 1.165) is 5.69 Å². The predicted octanol–water partition coefficient (Wildman–Crippen LogP) is 4.85. The SMILES string of the molecule is CCOC(=O)CCCOc1cc2ncnc(Oc3ccc(NC)c(Cl)c3)c2cc1OC. The zero-order valence-corrected chi connectivity index (χ0v) is 18.4. The number of hydrogen-bond acceptors (Lipinski definition) is 8. The number of carbonyl (C=O) groups is 1. The Labute approximate surface area is 185 Å². The summed E-state index contributed by atoms with van der Waals surface area (Å²) in [6.45, 7) is 2.49. The van der Waals surface area contributed by atoms with Crippen LogP contribution in [0, 0.1) is 0 Å². The van der Waals surface area contributed by atoms with Gasteiger partial charge in [-0.2, -0.15) is 0 Å². The second-order valence-corrected chi connectivity index (χ2v) is 6.86. The molecule has 1 N–H and O–H groups in total. The van der Waals surface area contributed by atoms with Crippen molar-refractivity contribution in [2.45, 2.75) is 19.8 Å². The molecule has 0 atom stereocenters. The number of nitrogens with zero attached hydrogens (tertiary/aromatic N) is 2. The number of benzene rings is 2. The van der Waals surface area contributed by atoms with Gasteiger partial charge >= 0.3 is 5.97 Å². The van der Waals surface area contributed by atoms with Gasteiger partial charge in [-0.15, -0.1) is 0 Å². The third-order valence-electron chi connectivity index (χ3n) is 4.40. The Hall–Kier alpha value is -3.26. The van der Waals surface area contributed by atoms with Gasteiger partial charge in [0.1, 0.15) is 12.1 Å². The number of hydrogen-bond donors (Lipinski definition) is 1. The molecular formula is C22H24ClN3O5. The van der Waals surface area contributed by atoms with Crippen molar-refractivity contribution in [3.63, 3.8) is 0 Å². The van der Waals surface area contributed by atoms with Crippen molar-refractivity contribution in [1.82, 2.24) is 9.97 Å². The molecule has 9 heteroatoms. The number of nitrogens with one attached hydrogen (secondary N) is 1. The second kappa shape index (κ2) is 10.7. The van der Waals surface area contributed by atoms with Crippen LogP contribution >= 0.6 is 11.6 Å². The van der Waals surface area contributed by atoms with Gasteiger partial charge in [-0.1, -0.05) is 11.6 Å². The highest BCUT2D eigenvalue weighted by atomic mass is 35.5. The lowest BCUT2D eigenvalue weighted by atomic mass is 10.2. The van der Waals surface area contributed by atoms with Crippen LogP contribution in [0.4, 0.5) is 5.69 Å². The Morgan fingerprint density at radius 1 is 1.16 bits per heavy atom. The summed E-state index contributed by atoms with van der Waals surface area (Å²) in [6.07, 6.45) is 2.23. The van der Waals surface area contributed by atoms with Crippen LogP contribution in [-0.4, -0.2) is 43.3 Å². The lowest BCUT2D eigenvalue weighted by Gasteiger charge is -2.13. The largest absolute Gasteiger partial charge is 0.493 e. The van der Waals surface area contributed by atoms with Gasteiger partial charge in [0.05, 0.1) is 41.9 Å². The molecule has 2 aromatic carbocycles. The summed E-state index contributed by atoms with van der Waals surface area (Å²) in [5.74, 6) is 1.69. The van der Waals surface area contributed by atoms with Crippen LogP contribution in [0.15, 0.2) is 36.7 Å². The van der Waals surface area contributed by atoms with Crippen LogP contribution < -0.4 is 19.5 Å². The topological polar surface area (TPSA) is 91.8 Å². The molecule has 3 rings (SSSR count). The maximum Gasteiger partial charge on any atom is 0.305 e. The third kappa shape index (κ3) is 5.67. The van der Waals surface area contributed by atoms with E-state index in [9.17, 15) is 4.79 Å². The highest BCUT2D eigenvalue weighted by molar-refractivity contribution is 6.33. The van der Waals surface area contributed by atoms with E-state index < -0.39 is 0 Å². The molecule has 0 aliphatic heterocycles. The van der Waals surface area contributed by atoms with Crippen LogP contribution in [0.2, 0.25) is 5.02 Å². The zero-order chi connectivity index (χ0) is 22.2. The first kappa shape index (κ1) is 22.4. The number of carbonyl (C=O) groups excluding carboxylic acids is 1. The van der Waals surface area contributed by atoms with Gasteiger partial charge in [0.2, 0.25) is 5.88 Å². The molecule has 8 nitrogen and oxygen atoms in total. The smallest absolute Gasteiger partial charge is 0.305 e. The van der Waals surface area contributed by atoms with Crippen LogP contribution in [-0.2, 0) is 9.53 Å². The second-order valence-electron chi connectivity index (χ2n) is 6.45. The van der Waals surface area contributed by atoms with Gasteiger partial charge in [-0.25, -0.2) is 9.97 Å². The maximum atomic E-state index is 11.5. The molecule has 0 fully saturated rings. The number of fused-ring (bicyclic) bond motifs is 1. The Balaban J connectivity index is 1.79. The fourth-order valence-electron chi connectivity index (χ4n) is 2.90. The minimum atomic E-state index is -0.242. The van der Waals surface area contributed by atoms with E-state index in [1.165, 1.54) is 6.33 Å². The van der Waals surface area contributed by atoms with Gasteiger partial charge in [0, 0.05) is 25.6 Å². The Morgan fingerprint density at radius 2 is 2.00 bits per heavy atom. The lowest BCUT2D eigenvalue weighted by molar-refractivity contribution is -0.143. The number of aromatic nitrogens is 2. The number of rotatable bonds is 10. The van der Waals surface area contributed by atoms with E-state index in [-0.39, 0.29) is 5.97 Å². The molecule has 0 amide bonds. The molecule has 1 heterocycles. The molecular weight excluding hydrogens is 422 g/mol. The van der Waals surface area contributed by atoms with Crippen LogP contribution in [0.5, 0.6) is 23.1 Å². The molecule has 0 saturated carbocycles. The molecule has 0 spiro atoms. The Kier molecular flexibility index (Phi) is 7.72. The standard InChI is InChI=1S/C22H24ClN3O5/c1-4-29-21(27)6-5-9-30-20-12-18-15(11-19(20)28-3)22(26-13-25-18)31-14-7-8-17(24-2)16(23)10-14/h7-8,10-13,24H,4-6,9H2,1-3H3. The van der Waals surface area contributed by atoms with Crippen molar-refractivity contribution in [3.8, 4) is 23.1 Å². The molecule has 0 aliphatic rings. The minimum Gasteiger partial charge on any atom is -0.493 e. The lowest BCUT2D eigenvalue weighted by Crippen LogP contribution is -2.07. The minimum absolute atomic E-state index is 0.242. The van der Waals surface area contributed by atoms with Crippen molar-refractivity contribution in [1.29, 1.82) is 0 Å². The highest BCUT2D eigenvalue weighted by Crippen LogP contribution is 2.37. The van der Waals surface area contributed by atoms with E-state index >= 15 is 0 Å². The van der Waals surface area contributed by atoms with E-state index in [1.54, 1.807) is 45.3 Å². The van der Waals surface area contributed by atoms with E-state index in [0.29, 0.717) is 65.1 Å². The first-order valence-electron chi connectivity index (χ1n) is 9.82. The van der Waals surface area contributed by atoms with Crippen molar-refractivity contribution in [2.75, 3.05) is 32.7 Å². The van der Waals surface area contributed by atoms with Crippen molar-refractivity contribution in [3.05, 3.63) is 41.7 Å². The maximum absolute atomic E-state index is 11.5. The number of anilines is 1. The summed E-state index contributed by atoms with van der Waals surface area (Å²) >= 11 is 6.24. The van der Waals surface area contributed by atoms with Crippen molar-refractivity contribution < 1.29 is 23.7 Å². The van der Waals surface area contributed by atoms with E-state index in [4.69, 9.17) is 30.5 Å². The van der Waals surface area contributed by atoms with Gasteiger partial charge in [0.15, 0.2) is 11.5 Å². The summed E-state index contributed by atoms with van der Waals surface area (Å²) in [5, 5.41) is 4.20. The molecule has 0 saturated heterocycles. The van der Waals surface area contributed by atoms with E-state index in [1.807, 2.05) is 6.07 Å². The fraction of sp³-hybridized carbons (Fsp3) is 0.318. The first-order chi connectivity index (χ1) is 15.0. The number of ether oxygens (including phenoxy) is 4. The summed E-state index contributed by atoms with van der Waals surface area (Å²) < 4.78 is 22.1. The normalized spacial score (nSPS) is 10.6. The Morgan fingerprint density at radius 3 is 2.71 bits per heavy atom. The molecule has 31 heavy (non-hydrogen) atoms. The Bertz CT molecular complexity index is 1060. The molecule has 1 aromatic heterocycles. The van der Waals surface area contributed by atoms with Gasteiger partial charge in [0.25, 0.3) is 0 Å². The van der Waals surface area contributed by atoms with Crippen molar-refractivity contribution >= 4 is 34.2 Å². The van der Waals surface area contributed by atoms with Gasteiger partial charge in [-0.05, 0) is 31.5 Å².